The molecule has 1 heterocycles. The van der Waals surface area contributed by atoms with E-state index in [0.717, 1.165) is 12.5 Å². The fraction of sp³-hybridized carbons (Fsp3) is 0.700. The molecule has 5 heteroatoms. The summed E-state index contributed by atoms with van der Waals surface area (Å²) in [6.45, 7) is 3.10. The average molecular weight is 209 g/mol. The zero-order valence-electron chi connectivity index (χ0n) is 9.01. The molecule has 15 heavy (non-hydrogen) atoms. The van der Waals surface area contributed by atoms with E-state index in [9.17, 15) is 4.79 Å². The summed E-state index contributed by atoms with van der Waals surface area (Å²) in [5, 5.41) is 4.06. The van der Waals surface area contributed by atoms with Crippen LogP contribution < -0.4 is 0 Å². The van der Waals surface area contributed by atoms with Crippen LogP contribution >= 0.6 is 0 Å². The van der Waals surface area contributed by atoms with Gasteiger partial charge in [0.25, 0.3) is 5.82 Å². The smallest absolute Gasteiger partial charge is 0.377 e. The van der Waals surface area contributed by atoms with E-state index in [0.29, 0.717) is 5.92 Å². The molecule has 0 saturated heterocycles. The van der Waals surface area contributed by atoms with Gasteiger partial charge >= 0.3 is 5.97 Å². The molecule has 0 bridgehead atoms. The van der Waals surface area contributed by atoms with Crippen LogP contribution in [0.2, 0.25) is 0 Å². The minimum Gasteiger partial charge on any atom is -0.463 e. The predicted molar refractivity (Wildman–Crippen MR) is 53.2 cm³/mol. The third kappa shape index (κ3) is 2.16. The minimum atomic E-state index is -0.476. The van der Waals surface area contributed by atoms with Crippen LogP contribution in [0.1, 0.15) is 30.4 Å². The Hall–Kier alpha value is -1.39. The van der Waals surface area contributed by atoms with E-state index in [1.54, 1.807) is 11.0 Å². The molecule has 0 amide bonds. The summed E-state index contributed by atoms with van der Waals surface area (Å²) in [6, 6.07) is 0. The molecule has 2 rings (SSSR count). The Labute approximate surface area is 88.4 Å². The van der Waals surface area contributed by atoms with Gasteiger partial charge in [-0.25, -0.2) is 9.78 Å². The van der Waals surface area contributed by atoms with Crippen LogP contribution in [0.4, 0.5) is 0 Å². The van der Waals surface area contributed by atoms with E-state index in [1.807, 2.05) is 0 Å². The van der Waals surface area contributed by atoms with E-state index in [-0.39, 0.29) is 5.82 Å². The van der Waals surface area contributed by atoms with Crippen LogP contribution in [-0.4, -0.2) is 27.8 Å². The maximum atomic E-state index is 11.1. The van der Waals surface area contributed by atoms with Gasteiger partial charge in [0.2, 0.25) is 0 Å². The van der Waals surface area contributed by atoms with Gasteiger partial charge in [0.1, 0.15) is 6.33 Å². The van der Waals surface area contributed by atoms with Crippen molar-refractivity contribution in [3.63, 3.8) is 0 Å². The SMILES string of the molecule is COC(=O)c1ncn(CC2CC(C)C2)n1. The molecule has 1 aliphatic rings. The first kappa shape index (κ1) is 10.1. The first-order chi connectivity index (χ1) is 7.19. The Morgan fingerprint density at radius 1 is 1.67 bits per heavy atom. The summed E-state index contributed by atoms with van der Waals surface area (Å²) in [5.74, 6) is 1.19. The van der Waals surface area contributed by atoms with Crippen molar-refractivity contribution < 1.29 is 9.53 Å². The number of methoxy groups -OCH3 is 1. The second-order valence-corrected chi connectivity index (χ2v) is 4.22. The Balaban J connectivity index is 1.92. The van der Waals surface area contributed by atoms with E-state index in [1.165, 1.54) is 20.0 Å². The first-order valence-electron chi connectivity index (χ1n) is 5.16. The van der Waals surface area contributed by atoms with Gasteiger partial charge in [-0.1, -0.05) is 6.92 Å². The number of carbonyl (C=O) groups is 1. The summed E-state index contributed by atoms with van der Waals surface area (Å²) in [6.07, 6.45) is 4.08. The molecule has 1 fully saturated rings. The third-order valence-corrected chi connectivity index (χ3v) is 2.82. The largest absolute Gasteiger partial charge is 0.463 e. The lowest BCUT2D eigenvalue weighted by molar-refractivity contribution is 0.0585. The maximum Gasteiger partial charge on any atom is 0.377 e. The van der Waals surface area contributed by atoms with Crippen molar-refractivity contribution in [1.29, 1.82) is 0 Å². The van der Waals surface area contributed by atoms with Crippen molar-refractivity contribution in [3.8, 4) is 0 Å². The normalized spacial score (nSPS) is 24.7. The molecule has 0 spiro atoms. The highest BCUT2D eigenvalue weighted by molar-refractivity contribution is 5.84. The second-order valence-electron chi connectivity index (χ2n) is 4.22. The summed E-state index contributed by atoms with van der Waals surface area (Å²) < 4.78 is 6.26. The number of rotatable bonds is 3. The van der Waals surface area contributed by atoms with Gasteiger partial charge in [0, 0.05) is 6.54 Å². The van der Waals surface area contributed by atoms with Crippen LogP contribution in [0.25, 0.3) is 0 Å². The van der Waals surface area contributed by atoms with Gasteiger partial charge in [0.15, 0.2) is 0 Å². The van der Waals surface area contributed by atoms with Gasteiger partial charge in [-0.15, -0.1) is 5.10 Å². The number of carbonyl (C=O) groups excluding carboxylic acids is 1. The summed E-state index contributed by atoms with van der Waals surface area (Å²) >= 11 is 0. The molecule has 0 aromatic carbocycles. The van der Waals surface area contributed by atoms with Crippen molar-refractivity contribution in [2.24, 2.45) is 11.8 Å². The lowest BCUT2D eigenvalue weighted by Gasteiger charge is -2.32. The first-order valence-corrected chi connectivity index (χ1v) is 5.16. The Morgan fingerprint density at radius 3 is 3.00 bits per heavy atom. The summed E-state index contributed by atoms with van der Waals surface area (Å²) in [5.41, 5.74) is 0. The van der Waals surface area contributed by atoms with E-state index in [2.05, 4.69) is 21.7 Å². The molecule has 5 nitrogen and oxygen atoms in total. The number of hydrogen-bond donors (Lipinski definition) is 0. The summed E-state index contributed by atoms with van der Waals surface area (Å²) in [7, 11) is 1.33. The van der Waals surface area contributed by atoms with Crippen molar-refractivity contribution >= 4 is 5.97 Å². The van der Waals surface area contributed by atoms with Crippen LogP contribution in [0.3, 0.4) is 0 Å². The fourth-order valence-electron chi connectivity index (χ4n) is 2.05. The highest BCUT2D eigenvalue weighted by atomic mass is 16.5. The predicted octanol–water partition coefficient (Wildman–Crippen LogP) is 1.11. The molecule has 0 atom stereocenters. The zero-order valence-corrected chi connectivity index (χ0v) is 9.01. The maximum absolute atomic E-state index is 11.1. The Morgan fingerprint density at radius 2 is 2.40 bits per heavy atom. The molecule has 0 radical (unpaired) electrons. The second kappa shape index (κ2) is 4.00. The average Bonchev–Trinajstić information content (AvgIpc) is 2.63. The topological polar surface area (TPSA) is 57.0 Å². The molecule has 1 aromatic heterocycles. The minimum absolute atomic E-state index is 0.143. The quantitative estimate of drug-likeness (QED) is 0.700. The lowest BCUT2D eigenvalue weighted by Crippen LogP contribution is -2.25. The van der Waals surface area contributed by atoms with Gasteiger partial charge in [-0.05, 0) is 24.7 Å². The number of ether oxygens (including phenoxy) is 1. The van der Waals surface area contributed by atoms with E-state index < -0.39 is 5.97 Å². The van der Waals surface area contributed by atoms with Crippen LogP contribution in [0, 0.1) is 11.8 Å². The standard InChI is InChI=1S/C10H15N3O2/c1-7-3-8(4-7)5-13-6-11-9(12-13)10(14)15-2/h6-8H,3-5H2,1-2H3. The van der Waals surface area contributed by atoms with Crippen molar-refractivity contribution in [1.82, 2.24) is 14.8 Å². The summed E-state index contributed by atoms with van der Waals surface area (Å²) in [4.78, 5) is 15.0. The fourth-order valence-corrected chi connectivity index (χ4v) is 2.05. The molecule has 0 aliphatic heterocycles. The molecular formula is C10H15N3O2. The number of nitrogens with zero attached hydrogens (tertiary/aromatic N) is 3. The molecule has 1 aliphatic carbocycles. The highest BCUT2D eigenvalue weighted by Gasteiger charge is 2.26. The molecule has 1 aromatic rings. The van der Waals surface area contributed by atoms with Crippen LogP contribution in [0.15, 0.2) is 6.33 Å². The number of aromatic nitrogens is 3. The van der Waals surface area contributed by atoms with Gasteiger partial charge < -0.3 is 4.74 Å². The Kier molecular flexibility index (Phi) is 2.70. The third-order valence-electron chi connectivity index (χ3n) is 2.82. The van der Waals surface area contributed by atoms with Gasteiger partial charge in [-0.2, -0.15) is 0 Å². The van der Waals surface area contributed by atoms with Gasteiger partial charge in [0.05, 0.1) is 7.11 Å². The number of hydrogen-bond acceptors (Lipinski definition) is 4. The molecule has 0 unspecified atom stereocenters. The van der Waals surface area contributed by atoms with Gasteiger partial charge in [-0.3, -0.25) is 4.68 Å². The highest BCUT2D eigenvalue weighted by Crippen LogP contribution is 2.33. The zero-order chi connectivity index (χ0) is 10.8. The van der Waals surface area contributed by atoms with Crippen LogP contribution in [-0.2, 0) is 11.3 Å². The van der Waals surface area contributed by atoms with E-state index in [4.69, 9.17) is 0 Å². The molecule has 82 valence electrons. The van der Waals surface area contributed by atoms with E-state index >= 15 is 0 Å². The monoisotopic (exact) mass is 209 g/mol. The molecule has 1 saturated carbocycles. The van der Waals surface area contributed by atoms with Crippen molar-refractivity contribution in [3.05, 3.63) is 12.2 Å². The van der Waals surface area contributed by atoms with Crippen molar-refractivity contribution in [2.45, 2.75) is 26.3 Å². The van der Waals surface area contributed by atoms with Crippen LogP contribution in [0.5, 0.6) is 0 Å². The number of esters is 1. The van der Waals surface area contributed by atoms with Crippen molar-refractivity contribution in [2.75, 3.05) is 7.11 Å². The Bertz CT molecular complexity index is 355. The lowest BCUT2D eigenvalue weighted by atomic mass is 9.76. The molecule has 0 N–H and O–H groups in total. The molecular weight excluding hydrogens is 194 g/mol.